The predicted octanol–water partition coefficient (Wildman–Crippen LogP) is 6.86. The van der Waals surface area contributed by atoms with Gasteiger partial charge in [0.15, 0.2) is 0 Å². The van der Waals surface area contributed by atoms with Crippen LogP contribution in [0.25, 0.3) is 5.57 Å². The Balaban J connectivity index is 0.000000305. The summed E-state index contributed by atoms with van der Waals surface area (Å²) in [6.07, 6.45) is 12.9. The fourth-order valence-electron chi connectivity index (χ4n) is 3.69. The lowest BCUT2D eigenvalue weighted by Crippen LogP contribution is -2.37. The summed E-state index contributed by atoms with van der Waals surface area (Å²) in [7, 11) is 1.66. The number of rotatable bonds is 4. The number of allylic oxidation sites excluding steroid dienone is 4. The summed E-state index contributed by atoms with van der Waals surface area (Å²) in [6, 6.07) is 15.5. The van der Waals surface area contributed by atoms with Crippen LogP contribution in [0.2, 0.25) is 5.02 Å². The van der Waals surface area contributed by atoms with E-state index in [1.807, 2.05) is 48.5 Å². The van der Waals surface area contributed by atoms with Crippen molar-refractivity contribution in [2.75, 3.05) is 19.4 Å². The van der Waals surface area contributed by atoms with E-state index >= 15 is 0 Å². The highest BCUT2D eigenvalue weighted by Crippen LogP contribution is 2.33. The molecule has 0 spiro atoms. The van der Waals surface area contributed by atoms with E-state index in [0.717, 1.165) is 36.4 Å². The molecule has 166 valence electrons. The molecule has 0 aromatic heterocycles. The van der Waals surface area contributed by atoms with Gasteiger partial charge in [-0.1, -0.05) is 78.0 Å². The molecule has 2 aromatic carbocycles. The molecule has 0 radical (unpaired) electrons. The van der Waals surface area contributed by atoms with E-state index in [9.17, 15) is 0 Å². The summed E-state index contributed by atoms with van der Waals surface area (Å²) in [5.41, 5.74) is 13.6. The van der Waals surface area contributed by atoms with E-state index in [-0.39, 0.29) is 6.04 Å². The zero-order valence-electron chi connectivity index (χ0n) is 18.5. The van der Waals surface area contributed by atoms with E-state index in [2.05, 4.69) is 42.2 Å². The number of para-hydroxylation sites is 1. The SMILES string of the molecule is CC1=CC=C(C2C=C(c3cc(Cl)ccc3N)CCN2C=S)C=CC1.COc1ccccc1. The molecular weight excluding hydrogens is 436 g/mol. The zero-order valence-corrected chi connectivity index (χ0v) is 20.1. The maximum atomic E-state index is 6.17. The minimum absolute atomic E-state index is 0.128. The molecule has 5 heteroatoms. The van der Waals surface area contributed by atoms with E-state index < -0.39 is 0 Å². The van der Waals surface area contributed by atoms with Gasteiger partial charge in [0.2, 0.25) is 0 Å². The number of anilines is 1. The van der Waals surface area contributed by atoms with Crippen molar-refractivity contribution in [2.24, 2.45) is 0 Å². The molecule has 0 fully saturated rings. The standard InChI is InChI=1S/C20H21ClN2S.C7H8O/c1-14-3-2-4-15(6-5-14)20-11-16(9-10-23(20)13-24)18-12-17(21)7-8-19(18)22;1-8-7-5-3-2-4-6-7/h2,4-8,11-13,20H,3,9-10,22H2,1H3;2-6H,1H3. The number of nitrogen functional groups attached to an aromatic ring is 1. The van der Waals surface area contributed by atoms with Crippen LogP contribution in [0.1, 0.15) is 25.3 Å². The Morgan fingerprint density at radius 3 is 2.62 bits per heavy atom. The van der Waals surface area contributed by atoms with Crippen LogP contribution in [-0.4, -0.2) is 30.1 Å². The molecule has 1 atom stereocenters. The first-order valence-electron chi connectivity index (χ1n) is 10.6. The number of nitrogens with two attached hydrogens (primary N) is 1. The van der Waals surface area contributed by atoms with Gasteiger partial charge in [0.05, 0.1) is 18.6 Å². The van der Waals surface area contributed by atoms with Gasteiger partial charge < -0.3 is 15.4 Å². The number of nitrogens with zero attached hydrogens (tertiary/aromatic N) is 1. The first-order valence-corrected chi connectivity index (χ1v) is 11.5. The van der Waals surface area contributed by atoms with Crippen LogP contribution < -0.4 is 10.5 Å². The van der Waals surface area contributed by atoms with Gasteiger partial charge >= 0.3 is 0 Å². The van der Waals surface area contributed by atoms with E-state index in [1.54, 1.807) is 12.6 Å². The van der Waals surface area contributed by atoms with Gasteiger partial charge in [-0.2, -0.15) is 0 Å². The van der Waals surface area contributed by atoms with Gasteiger partial charge in [-0.25, -0.2) is 0 Å². The monoisotopic (exact) mass is 464 g/mol. The Bertz CT molecular complexity index is 1060. The highest BCUT2D eigenvalue weighted by molar-refractivity contribution is 7.78. The lowest BCUT2D eigenvalue weighted by molar-refractivity contribution is 0.408. The summed E-state index contributed by atoms with van der Waals surface area (Å²) in [6.45, 7) is 3.02. The third kappa shape index (κ3) is 6.35. The average molecular weight is 465 g/mol. The quantitative estimate of drug-likeness (QED) is 0.396. The van der Waals surface area contributed by atoms with Crippen molar-refractivity contribution in [3.63, 3.8) is 0 Å². The highest BCUT2D eigenvalue weighted by atomic mass is 35.5. The third-order valence-electron chi connectivity index (χ3n) is 5.48. The summed E-state index contributed by atoms with van der Waals surface area (Å²) in [5, 5.41) is 0.709. The lowest BCUT2D eigenvalue weighted by atomic mass is 9.91. The first-order chi connectivity index (χ1) is 15.5. The molecular formula is C27H29ClN2OS. The molecule has 2 N–H and O–H groups in total. The molecule has 1 aliphatic carbocycles. The number of benzene rings is 2. The molecule has 2 aliphatic rings. The molecule has 0 saturated heterocycles. The number of hydrogen-bond acceptors (Lipinski definition) is 3. The summed E-state index contributed by atoms with van der Waals surface area (Å²) < 4.78 is 4.91. The van der Waals surface area contributed by atoms with Gasteiger partial charge in [-0.05, 0) is 61.2 Å². The fraction of sp³-hybridized carbons (Fsp3) is 0.222. The van der Waals surface area contributed by atoms with Gasteiger partial charge in [0.1, 0.15) is 5.75 Å². The Hall–Kier alpha value is -2.82. The number of methoxy groups -OCH3 is 1. The molecule has 1 aliphatic heterocycles. The van der Waals surface area contributed by atoms with Gasteiger partial charge in [0.25, 0.3) is 0 Å². The molecule has 32 heavy (non-hydrogen) atoms. The second-order valence-electron chi connectivity index (χ2n) is 7.76. The van der Waals surface area contributed by atoms with Crippen molar-refractivity contribution in [1.82, 2.24) is 4.90 Å². The van der Waals surface area contributed by atoms with Crippen molar-refractivity contribution in [3.8, 4) is 5.75 Å². The van der Waals surface area contributed by atoms with E-state index in [0.29, 0.717) is 5.02 Å². The predicted molar refractivity (Wildman–Crippen MR) is 141 cm³/mol. The van der Waals surface area contributed by atoms with Crippen molar-refractivity contribution < 1.29 is 4.74 Å². The zero-order chi connectivity index (χ0) is 22.9. The van der Waals surface area contributed by atoms with Crippen LogP contribution in [0.5, 0.6) is 5.75 Å². The number of ether oxygens (including phenoxy) is 1. The Labute approximate surface area is 201 Å². The van der Waals surface area contributed by atoms with Gasteiger partial charge in [-0.15, -0.1) is 0 Å². The van der Waals surface area contributed by atoms with E-state index in [4.69, 9.17) is 34.3 Å². The third-order valence-corrected chi connectivity index (χ3v) is 5.99. The van der Waals surface area contributed by atoms with Crippen LogP contribution in [0, 0.1) is 0 Å². The molecule has 0 saturated carbocycles. The number of thiocarbonyl (C=S) groups is 1. The average Bonchev–Trinajstić information content (AvgIpc) is 3.05. The fourth-order valence-corrected chi connectivity index (χ4v) is 4.10. The first kappa shape index (κ1) is 23.8. The lowest BCUT2D eigenvalue weighted by Gasteiger charge is -2.34. The Morgan fingerprint density at radius 2 is 1.94 bits per heavy atom. The van der Waals surface area contributed by atoms with Crippen LogP contribution >= 0.6 is 23.8 Å². The minimum atomic E-state index is 0.128. The molecule has 0 amide bonds. The van der Waals surface area contributed by atoms with Gasteiger partial charge in [-0.3, -0.25) is 0 Å². The molecule has 3 nitrogen and oxygen atoms in total. The normalized spacial score (nSPS) is 17.8. The summed E-state index contributed by atoms with van der Waals surface area (Å²) in [5.74, 6) is 0.910. The smallest absolute Gasteiger partial charge is 0.118 e. The topological polar surface area (TPSA) is 38.5 Å². The van der Waals surface area contributed by atoms with Crippen LogP contribution in [0.3, 0.4) is 0 Å². The van der Waals surface area contributed by atoms with Crippen molar-refractivity contribution in [1.29, 1.82) is 0 Å². The summed E-state index contributed by atoms with van der Waals surface area (Å²) >= 11 is 11.4. The molecule has 0 bridgehead atoms. The molecule has 1 heterocycles. The molecule has 2 aromatic rings. The maximum absolute atomic E-state index is 6.17. The van der Waals surface area contributed by atoms with Crippen LogP contribution in [0.15, 0.2) is 90.1 Å². The molecule has 1 unspecified atom stereocenters. The maximum Gasteiger partial charge on any atom is 0.118 e. The van der Waals surface area contributed by atoms with Crippen molar-refractivity contribution in [3.05, 3.63) is 101 Å². The second-order valence-corrected chi connectivity index (χ2v) is 8.41. The van der Waals surface area contributed by atoms with Crippen molar-refractivity contribution in [2.45, 2.75) is 25.8 Å². The van der Waals surface area contributed by atoms with Crippen molar-refractivity contribution >= 4 is 40.6 Å². The largest absolute Gasteiger partial charge is 0.497 e. The van der Waals surface area contributed by atoms with Gasteiger partial charge in [0, 0.05) is 22.8 Å². The molecule has 4 rings (SSSR count). The van der Waals surface area contributed by atoms with Crippen LogP contribution in [-0.2, 0) is 0 Å². The highest BCUT2D eigenvalue weighted by Gasteiger charge is 2.23. The minimum Gasteiger partial charge on any atom is -0.497 e. The second kappa shape index (κ2) is 11.7. The number of halogens is 1. The van der Waals surface area contributed by atoms with Crippen LogP contribution in [0.4, 0.5) is 5.69 Å². The number of hydrogen-bond donors (Lipinski definition) is 1. The Kier molecular flexibility index (Phi) is 8.72. The van der Waals surface area contributed by atoms with E-state index in [1.165, 1.54) is 16.7 Å². The summed E-state index contributed by atoms with van der Waals surface area (Å²) in [4.78, 5) is 2.20. The Morgan fingerprint density at radius 1 is 1.16 bits per heavy atom.